The van der Waals surface area contributed by atoms with Crippen LogP contribution in [0.5, 0.6) is 0 Å². The fraction of sp³-hybridized carbons (Fsp3) is 0.292. The first-order chi connectivity index (χ1) is 16.9. The van der Waals surface area contributed by atoms with Gasteiger partial charge < -0.3 is 20.7 Å². The van der Waals surface area contributed by atoms with Crippen molar-refractivity contribution in [3.05, 3.63) is 65.2 Å². The third kappa shape index (κ3) is 5.63. The molecule has 0 bridgehead atoms. The van der Waals surface area contributed by atoms with Gasteiger partial charge in [0.25, 0.3) is 0 Å². The Labute approximate surface area is 209 Å². The van der Waals surface area contributed by atoms with Gasteiger partial charge in [-0.15, -0.1) is 5.10 Å². The Balaban J connectivity index is 1.64. The third-order valence-corrected chi connectivity index (χ3v) is 5.88. The van der Waals surface area contributed by atoms with Gasteiger partial charge in [0.15, 0.2) is 11.4 Å². The second-order valence-electron chi connectivity index (χ2n) is 8.70. The van der Waals surface area contributed by atoms with Gasteiger partial charge in [-0.3, -0.25) is 4.79 Å². The van der Waals surface area contributed by atoms with Gasteiger partial charge in [-0.25, -0.2) is 9.48 Å². The Bertz CT molecular complexity index is 1270. The summed E-state index contributed by atoms with van der Waals surface area (Å²) in [6.45, 7) is 1.84. The Morgan fingerprint density at radius 3 is 2.56 bits per heavy atom. The minimum atomic E-state index is -4.51. The maximum absolute atomic E-state index is 13.2. The molecule has 1 aliphatic heterocycles. The lowest BCUT2D eigenvalue weighted by molar-refractivity contribution is -0.267. The maximum atomic E-state index is 13.2. The lowest BCUT2D eigenvalue weighted by atomic mass is 10.1. The first-order valence-electron chi connectivity index (χ1n) is 10.9. The molecule has 2 aromatic carbocycles. The Hall–Kier alpha value is -3.57. The second-order valence-corrected chi connectivity index (χ2v) is 9.13. The number of aromatic nitrogens is 2. The molecular formula is C24H23ClF3N5O3. The van der Waals surface area contributed by atoms with Gasteiger partial charge in [0.05, 0.1) is 18.0 Å². The minimum absolute atomic E-state index is 0.145. The zero-order valence-electron chi connectivity index (χ0n) is 19.3. The number of hydrogen-bond donors (Lipinski definition) is 3. The number of amides is 3. The molecule has 1 aromatic heterocycles. The second kappa shape index (κ2) is 9.82. The third-order valence-electron chi connectivity index (χ3n) is 5.63. The van der Waals surface area contributed by atoms with Crippen LogP contribution in [0.15, 0.2) is 54.6 Å². The molecule has 1 atom stereocenters. The number of hydrogen-bond acceptors (Lipinski definition) is 4. The molecule has 0 spiro atoms. The number of urea groups is 1. The minimum Gasteiger partial charge on any atom is -0.361 e. The predicted octanol–water partition coefficient (Wildman–Crippen LogP) is 4.67. The van der Waals surface area contributed by atoms with Gasteiger partial charge in [0.2, 0.25) is 5.91 Å². The molecule has 0 aliphatic carbocycles. The zero-order valence-corrected chi connectivity index (χ0v) is 20.1. The summed E-state index contributed by atoms with van der Waals surface area (Å²) in [7, 11) is 0. The Morgan fingerprint density at radius 1 is 1.19 bits per heavy atom. The summed E-state index contributed by atoms with van der Waals surface area (Å²) in [5.41, 5.74) is 0.0678. The summed E-state index contributed by atoms with van der Waals surface area (Å²) >= 11 is 6.02. The molecular weight excluding hydrogens is 499 g/mol. The number of halogens is 4. The molecule has 0 radical (unpaired) electrons. The zero-order chi connectivity index (χ0) is 26.1. The Kier molecular flexibility index (Phi) is 6.96. The van der Waals surface area contributed by atoms with E-state index in [4.69, 9.17) is 16.3 Å². The fourth-order valence-corrected chi connectivity index (χ4v) is 3.55. The van der Waals surface area contributed by atoms with E-state index in [0.29, 0.717) is 27.5 Å². The van der Waals surface area contributed by atoms with Crippen LogP contribution in [0.2, 0.25) is 5.02 Å². The van der Waals surface area contributed by atoms with Crippen molar-refractivity contribution in [2.45, 2.75) is 38.3 Å². The molecule has 3 N–H and O–H groups in total. The van der Waals surface area contributed by atoms with Crippen LogP contribution in [0.25, 0.3) is 16.9 Å². The van der Waals surface area contributed by atoms with Crippen LogP contribution in [-0.4, -0.2) is 46.1 Å². The molecule has 8 nitrogen and oxygen atoms in total. The summed E-state index contributed by atoms with van der Waals surface area (Å²) in [5, 5.41) is 12.7. The van der Waals surface area contributed by atoms with E-state index in [9.17, 15) is 22.8 Å². The number of nitrogens with zero attached hydrogens (tertiary/aromatic N) is 2. The highest BCUT2D eigenvalue weighted by atomic mass is 35.5. The van der Waals surface area contributed by atoms with Crippen molar-refractivity contribution in [1.82, 2.24) is 20.4 Å². The maximum Gasteiger partial charge on any atom is 0.416 e. The quantitative estimate of drug-likeness (QED) is 0.421. The number of nitrogens with one attached hydrogen (secondary N) is 3. The van der Waals surface area contributed by atoms with Crippen LogP contribution in [0.3, 0.4) is 0 Å². The van der Waals surface area contributed by atoms with Crippen LogP contribution >= 0.6 is 11.6 Å². The average molecular weight is 522 g/mol. The molecule has 2 heterocycles. The lowest BCUT2D eigenvalue weighted by Gasteiger charge is -2.28. The largest absolute Gasteiger partial charge is 0.416 e. The SMILES string of the molecule is CC(C)(OCc1cccc(-c2cc(NC(=O)[C@H]3CNC(=O)N3)nn2-c2ccc(Cl)cc2)c1)C(F)(F)F. The fourth-order valence-electron chi connectivity index (χ4n) is 3.42. The topological polar surface area (TPSA) is 97.3 Å². The van der Waals surface area contributed by atoms with Crippen LogP contribution in [0.1, 0.15) is 19.4 Å². The molecule has 3 aromatic rings. The molecule has 36 heavy (non-hydrogen) atoms. The number of ether oxygens (including phenoxy) is 1. The van der Waals surface area contributed by atoms with E-state index >= 15 is 0 Å². The summed E-state index contributed by atoms with van der Waals surface area (Å²) in [5.74, 6) is -0.219. The monoisotopic (exact) mass is 521 g/mol. The van der Waals surface area contributed by atoms with Crippen molar-refractivity contribution in [3.63, 3.8) is 0 Å². The normalized spacial score (nSPS) is 15.9. The molecule has 3 amide bonds. The summed E-state index contributed by atoms with van der Waals surface area (Å²) in [6.07, 6.45) is -4.51. The summed E-state index contributed by atoms with van der Waals surface area (Å²) in [6, 6.07) is 14.1. The van der Waals surface area contributed by atoms with Crippen LogP contribution in [-0.2, 0) is 16.1 Å². The molecule has 12 heteroatoms. The molecule has 1 saturated heterocycles. The van der Waals surface area contributed by atoms with Crippen LogP contribution in [0, 0.1) is 0 Å². The molecule has 0 saturated carbocycles. The van der Waals surface area contributed by atoms with Crippen LogP contribution < -0.4 is 16.0 Å². The highest BCUT2D eigenvalue weighted by molar-refractivity contribution is 6.30. The number of carbonyl (C=O) groups is 2. The highest BCUT2D eigenvalue weighted by Crippen LogP contribution is 2.34. The van der Waals surface area contributed by atoms with Gasteiger partial charge in [0.1, 0.15) is 6.04 Å². The van der Waals surface area contributed by atoms with Crippen molar-refractivity contribution in [1.29, 1.82) is 0 Å². The van der Waals surface area contributed by atoms with Crippen molar-refractivity contribution in [2.24, 2.45) is 0 Å². The number of anilines is 1. The van der Waals surface area contributed by atoms with E-state index in [-0.39, 0.29) is 19.0 Å². The van der Waals surface area contributed by atoms with Gasteiger partial charge >= 0.3 is 12.2 Å². The summed E-state index contributed by atoms with van der Waals surface area (Å²) in [4.78, 5) is 23.9. The van der Waals surface area contributed by atoms with Gasteiger partial charge in [0, 0.05) is 23.2 Å². The van der Waals surface area contributed by atoms with E-state index in [0.717, 1.165) is 13.8 Å². The van der Waals surface area contributed by atoms with Gasteiger partial charge in [-0.05, 0) is 49.7 Å². The van der Waals surface area contributed by atoms with Crippen molar-refractivity contribution in [3.8, 4) is 16.9 Å². The summed E-state index contributed by atoms with van der Waals surface area (Å²) < 4.78 is 46.3. The van der Waals surface area contributed by atoms with Gasteiger partial charge in [-0.1, -0.05) is 29.8 Å². The molecule has 0 unspecified atom stereocenters. The first-order valence-corrected chi connectivity index (χ1v) is 11.3. The predicted molar refractivity (Wildman–Crippen MR) is 128 cm³/mol. The van der Waals surface area contributed by atoms with E-state index in [1.807, 2.05) is 0 Å². The van der Waals surface area contributed by atoms with Crippen molar-refractivity contribution >= 4 is 29.4 Å². The lowest BCUT2D eigenvalue weighted by Crippen LogP contribution is -2.41. The van der Waals surface area contributed by atoms with Crippen molar-refractivity contribution in [2.75, 3.05) is 11.9 Å². The molecule has 1 fully saturated rings. The molecule has 1 aliphatic rings. The average Bonchev–Trinajstić information content (AvgIpc) is 3.44. The number of rotatable bonds is 7. The smallest absolute Gasteiger partial charge is 0.361 e. The standard InChI is InChI=1S/C24H23ClF3N5O3/c1-23(2,24(26,27)28)36-13-14-4-3-5-15(10-14)19-11-20(31-21(34)18-12-29-22(35)30-18)32-33(19)17-8-6-16(25)7-9-17/h3-11,18H,12-13H2,1-2H3,(H2,29,30,35)(H,31,32,34)/t18-/m1/s1. The first kappa shape index (κ1) is 25.5. The number of carbonyl (C=O) groups excluding carboxylic acids is 2. The highest BCUT2D eigenvalue weighted by Gasteiger charge is 2.48. The van der Waals surface area contributed by atoms with E-state index < -0.39 is 29.8 Å². The van der Waals surface area contributed by atoms with Crippen molar-refractivity contribution < 1.29 is 27.5 Å². The molecule has 4 rings (SSSR count). The van der Waals surface area contributed by atoms with Gasteiger partial charge in [-0.2, -0.15) is 13.2 Å². The Morgan fingerprint density at radius 2 is 1.92 bits per heavy atom. The van der Waals surface area contributed by atoms with Crippen LogP contribution in [0.4, 0.5) is 23.8 Å². The number of alkyl halides is 3. The molecule has 190 valence electrons. The van der Waals surface area contributed by atoms with E-state index in [2.05, 4.69) is 21.0 Å². The number of benzene rings is 2. The van der Waals surface area contributed by atoms with E-state index in [1.165, 1.54) is 0 Å². The van der Waals surface area contributed by atoms with E-state index in [1.54, 1.807) is 59.3 Å².